The number of aliphatic carboxylic acids is 1. The largest absolute Gasteiger partial charge is 0.492 e. The van der Waals surface area contributed by atoms with Crippen LogP contribution in [0.3, 0.4) is 0 Å². The molecule has 0 saturated carbocycles. The first-order valence-electron chi connectivity index (χ1n) is 13.1. The molecule has 1 unspecified atom stereocenters. The van der Waals surface area contributed by atoms with Crippen LogP contribution in [-0.2, 0) is 11.2 Å². The monoisotopic (exact) mass is 529 g/mol. The minimum Gasteiger partial charge on any atom is -0.492 e. The molecule has 6 nitrogen and oxygen atoms in total. The van der Waals surface area contributed by atoms with Crippen LogP contribution < -0.4 is 4.74 Å². The Morgan fingerprint density at radius 2 is 1.87 bits per heavy atom. The van der Waals surface area contributed by atoms with E-state index in [-0.39, 0.29) is 43.1 Å². The molecule has 1 fully saturated rings. The zero-order chi connectivity index (χ0) is 27.2. The van der Waals surface area contributed by atoms with Crippen LogP contribution in [0.15, 0.2) is 36.4 Å². The van der Waals surface area contributed by atoms with Crippen LogP contribution in [-0.4, -0.2) is 71.4 Å². The molecule has 5 rings (SSSR count). The van der Waals surface area contributed by atoms with Gasteiger partial charge >= 0.3 is 5.97 Å². The maximum Gasteiger partial charge on any atom is 0.310 e. The van der Waals surface area contributed by atoms with Crippen molar-refractivity contribution in [1.29, 1.82) is 0 Å². The van der Waals surface area contributed by atoms with Crippen molar-refractivity contribution in [2.75, 3.05) is 39.5 Å². The van der Waals surface area contributed by atoms with Gasteiger partial charge in [0.05, 0.1) is 18.1 Å². The molecule has 1 aromatic heterocycles. The molecule has 3 heterocycles. The number of rotatable bonds is 9. The standard InChI is InChI=1S/C29H34F3N3O3/c1-17-10-21-20-6-4-5-7-24(20)33-26(21)27(35(17)16-29(2,3)28(36)37)25-22(31)11-19(12-23(25)32)38-9-8-34-14-18(13-30)15-34/h4-7,11-12,17-18,27,33H,8-10,13-16H2,1-3H3,(H,36,37)/t17-,27?/m1/s1. The molecule has 2 atom stereocenters. The highest BCUT2D eigenvalue weighted by Gasteiger charge is 2.42. The number of hydrogen-bond acceptors (Lipinski definition) is 4. The minimum absolute atomic E-state index is 0.0608. The van der Waals surface area contributed by atoms with Gasteiger partial charge in [-0.3, -0.25) is 19.0 Å². The van der Waals surface area contributed by atoms with E-state index in [0.29, 0.717) is 31.7 Å². The second-order valence-electron chi connectivity index (χ2n) is 11.3. The summed E-state index contributed by atoms with van der Waals surface area (Å²) in [5, 5.41) is 10.8. The molecule has 9 heteroatoms. The number of H-pyrrole nitrogens is 1. The number of carbonyl (C=O) groups is 1. The van der Waals surface area contributed by atoms with Gasteiger partial charge in [0.15, 0.2) is 0 Å². The summed E-state index contributed by atoms with van der Waals surface area (Å²) in [7, 11) is 0. The zero-order valence-electron chi connectivity index (χ0n) is 21.9. The van der Waals surface area contributed by atoms with Crippen molar-refractivity contribution in [2.45, 2.75) is 39.3 Å². The first kappa shape index (κ1) is 26.6. The number of likely N-dealkylation sites (tertiary alicyclic amines) is 1. The SMILES string of the molecule is C[C@@H]1Cc2c([nH]c3ccccc23)C(c2c(F)cc(OCCN3CC(CF)C3)cc2F)N1CC(C)(C)C(=O)O. The number of benzene rings is 2. The molecule has 0 bridgehead atoms. The fourth-order valence-electron chi connectivity index (χ4n) is 5.74. The minimum atomic E-state index is -1.13. The van der Waals surface area contributed by atoms with E-state index in [9.17, 15) is 14.3 Å². The van der Waals surface area contributed by atoms with Crippen LogP contribution in [0.5, 0.6) is 5.75 Å². The summed E-state index contributed by atoms with van der Waals surface area (Å²) in [5.41, 5.74) is 1.27. The van der Waals surface area contributed by atoms with Crippen LogP contribution in [0.4, 0.5) is 13.2 Å². The van der Waals surface area contributed by atoms with E-state index in [1.54, 1.807) is 13.8 Å². The highest BCUT2D eigenvalue weighted by Crippen LogP contribution is 2.44. The summed E-state index contributed by atoms with van der Waals surface area (Å²) < 4.78 is 49.8. The Morgan fingerprint density at radius 1 is 1.18 bits per heavy atom. The number of halogens is 3. The fraction of sp³-hybridized carbons (Fsp3) is 0.483. The highest BCUT2D eigenvalue weighted by molar-refractivity contribution is 5.85. The second-order valence-corrected chi connectivity index (χ2v) is 11.3. The van der Waals surface area contributed by atoms with E-state index in [1.165, 1.54) is 12.1 Å². The smallest absolute Gasteiger partial charge is 0.310 e. The lowest BCUT2D eigenvalue weighted by Crippen LogP contribution is -2.49. The average molecular weight is 530 g/mol. The molecule has 0 aliphatic carbocycles. The number of aromatic amines is 1. The Kier molecular flexibility index (Phi) is 7.17. The number of aromatic nitrogens is 1. The fourth-order valence-corrected chi connectivity index (χ4v) is 5.74. The molecule has 2 aliphatic rings. The molecule has 2 aliphatic heterocycles. The lowest BCUT2D eigenvalue weighted by atomic mass is 9.84. The third-order valence-electron chi connectivity index (χ3n) is 7.93. The molecule has 2 aromatic carbocycles. The van der Waals surface area contributed by atoms with Gasteiger partial charge in [-0.25, -0.2) is 8.78 Å². The maximum absolute atomic E-state index is 15.8. The van der Waals surface area contributed by atoms with Crippen molar-refractivity contribution in [3.8, 4) is 5.75 Å². The molecular weight excluding hydrogens is 495 g/mol. The van der Waals surface area contributed by atoms with E-state index >= 15 is 8.78 Å². The van der Waals surface area contributed by atoms with Gasteiger partial charge in [0, 0.05) is 72.4 Å². The Hall–Kier alpha value is -3.04. The molecule has 3 aromatic rings. The van der Waals surface area contributed by atoms with Crippen molar-refractivity contribution in [3.63, 3.8) is 0 Å². The van der Waals surface area contributed by atoms with Gasteiger partial charge in [0.2, 0.25) is 0 Å². The number of para-hydroxylation sites is 1. The van der Waals surface area contributed by atoms with Crippen LogP contribution in [0.1, 0.15) is 43.6 Å². The summed E-state index contributed by atoms with van der Waals surface area (Å²) in [6.07, 6.45) is 0.621. The number of fused-ring (bicyclic) bond motifs is 3. The zero-order valence-corrected chi connectivity index (χ0v) is 21.9. The lowest BCUT2D eigenvalue weighted by Gasteiger charge is -2.43. The number of nitrogens with zero attached hydrogens (tertiary/aromatic N) is 2. The number of carboxylic acid groups (broad SMARTS) is 1. The van der Waals surface area contributed by atoms with Gasteiger partial charge in [-0.1, -0.05) is 18.2 Å². The third-order valence-corrected chi connectivity index (χ3v) is 7.93. The number of hydrogen-bond donors (Lipinski definition) is 2. The molecule has 1 saturated heterocycles. The summed E-state index contributed by atoms with van der Waals surface area (Å²) in [6, 6.07) is 9.14. The van der Waals surface area contributed by atoms with E-state index in [1.807, 2.05) is 41.0 Å². The molecule has 0 radical (unpaired) electrons. The van der Waals surface area contributed by atoms with E-state index in [2.05, 4.69) is 4.98 Å². The highest BCUT2D eigenvalue weighted by atomic mass is 19.1. The van der Waals surface area contributed by atoms with Gasteiger partial charge in [-0.05, 0) is 38.8 Å². The van der Waals surface area contributed by atoms with E-state index in [4.69, 9.17) is 4.74 Å². The predicted octanol–water partition coefficient (Wildman–Crippen LogP) is 5.17. The number of carboxylic acids is 1. The van der Waals surface area contributed by atoms with Gasteiger partial charge in [0.1, 0.15) is 24.0 Å². The van der Waals surface area contributed by atoms with Crippen LogP contribution in [0.2, 0.25) is 0 Å². The Bertz CT molecular complexity index is 1310. The Morgan fingerprint density at radius 3 is 2.53 bits per heavy atom. The first-order chi connectivity index (χ1) is 18.1. The van der Waals surface area contributed by atoms with Crippen molar-refractivity contribution >= 4 is 16.9 Å². The molecular formula is C29H34F3N3O3. The van der Waals surface area contributed by atoms with Gasteiger partial charge in [-0.15, -0.1) is 0 Å². The Labute approximate surface area is 220 Å². The Balaban J connectivity index is 1.49. The van der Waals surface area contributed by atoms with E-state index in [0.717, 1.165) is 16.5 Å². The summed E-state index contributed by atoms with van der Waals surface area (Å²) in [5.74, 6) is -2.32. The molecule has 2 N–H and O–H groups in total. The normalized spacial score (nSPS) is 20.9. The summed E-state index contributed by atoms with van der Waals surface area (Å²) >= 11 is 0. The lowest BCUT2D eigenvalue weighted by molar-refractivity contribution is -0.148. The third kappa shape index (κ3) is 4.89. The van der Waals surface area contributed by atoms with Crippen molar-refractivity contribution in [1.82, 2.24) is 14.8 Å². The summed E-state index contributed by atoms with van der Waals surface area (Å²) in [6.45, 7) is 7.10. The molecule has 0 amide bonds. The van der Waals surface area contributed by atoms with Gasteiger partial charge in [-0.2, -0.15) is 0 Å². The second kappa shape index (κ2) is 10.3. The molecule has 0 spiro atoms. The number of alkyl halides is 1. The quantitative estimate of drug-likeness (QED) is 0.400. The maximum atomic E-state index is 15.8. The van der Waals surface area contributed by atoms with Crippen LogP contribution in [0.25, 0.3) is 10.9 Å². The van der Waals surface area contributed by atoms with Crippen molar-refractivity contribution in [3.05, 3.63) is 64.9 Å². The van der Waals surface area contributed by atoms with Gasteiger partial charge in [0.25, 0.3) is 0 Å². The molecule has 38 heavy (non-hydrogen) atoms. The van der Waals surface area contributed by atoms with Crippen molar-refractivity contribution < 1.29 is 27.8 Å². The average Bonchev–Trinajstić information content (AvgIpc) is 3.19. The van der Waals surface area contributed by atoms with Crippen LogP contribution in [0, 0.1) is 23.0 Å². The topological polar surface area (TPSA) is 68.8 Å². The number of nitrogens with one attached hydrogen (secondary N) is 1. The van der Waals surface area contributed by atoms with E-state index < -0.39 is 29.1 Å². The summed E-state index contributed by atoms with van der Waals surface area (Å²) in [4.78, 5) is 19.3. The first-order valence-corrected chi connectivity index (χ1v) is 13.1. The molecule has 204 valence electrons. The van der Waals surface area contributed by atoms with Gasteiger partial charge < -0.3 is 14.8 Å². The number of ether oxygens (including phenoxy) is 1. The van der Waals surface area contributed by atoms with Crippen LogP contribution >= 0.6 is 0 Å². The predicted molar refractivity (Wildman–Crippen MR) is 139 cm³/mol. The van der Waals surface area contributed by atoms with Crippen molar-refractivity contribution in [2.24, 2.45) is 11.3 Å².